The van der Waals surface area contributed by atoms with Crippen LogP contribution in [-0.2, 0) is 4.74 Å². The third-order valence-electron chi connectivity index (χ3n) is 1.99. The second-order valence-corrected chi connectivity index (χ2v) is 4.18. The van der Waals surface area contributed by atoms with Gasteiger partial charge in [0.1, 0.15) is 0 Å². The van der Waals surface area contributed by atoms with Crippen LogP contribution in [0.5, 0.6) is 0 Å². The molecule has 2 unspecified atom stereocenters. The van der Waals surface area contributed by atoms with Crippen LogP contribution in [0.3, 0.4) is 0 Å². The molecular formula is C8H17NO. The molecule has 0 aromatic heterocycles. The first-order valence-electron chi connectivity index (χ1n) is 3.87. The molecule has 1 rings (SSSR count). The third-order valence-corrected chi connectivity index (χ3v) is 1.99. The molecule has 1 aliphatic heterocycles. The molecule has 0 radical (unpaired) electrons. The maximum atomic E-state index is 5.70. The highest BCUT2D eigenvalue weighted by molar-refractivity contribution is 4.83. The van der Waals surface area contributed by atoms with Gasteiger partial charge >= 0.3 is 0 Å². The molecule has 2 N–H and O–H groups in total. The number of rotatable bonds is 0. The number of hydrogen-bond acceptors (Lipinski definition) is 2. The predicted octanol–water partition coefficient (Wildman–Crippen LogP) is 1.15. The Morgan fingerprint density at radius 1 is 1.40 bits per heavy atom. The molecule has 0 aliphatic carbocycles. The van der Waals surface area contributed by atoms with Gasteiger partial charge in [0.15, 0.2) is 0 Å². The van der Waals surface area contributed by atoms with Gasteiger partial charge in [-0.05, 0) is 11.8 Å². The van der Waals surface area contributed by atoms with E-state index in [1.165, 1.54) is 0 Å². The summed E-state index contributed by atoms with van der Waals surface area (Å²) >= 11 is 0. The average molecular weight is 143 g/mol. The lowest BCUT2D eigenvalue weighted by Gasteiger charge is -2.25. The van der Waals surface area contributed by atoms with E-state index in [4.69, 9.17) is 10.5 Å². The minimum absolute atomic E-state index is 0.258. The lowest BCUT2D eigenvalue weighted by molar-refractivity contribution is 0.0286. The van der Waals surface area contributed by atoms with E-state index in [0.717, 1.165) is 13.0 Å². The van der Waals surface area contributed by atoms with Crippen molar-refractivity contribution in [1.29, 1.82) is 0 Å². The van der Waals surface area contributed by atoms with Gasteiger partial charge in [-0.25, -0.2) is 0 Å². The molecule has 60 valence electrons. The lowest BCUT2D eigenvalue weighted by Crippen LogP contribution is -2.26. The summed E-state index contributed by atoms with van der Waals surface area (Å²) in [5.41, 5.74) is 5.95. The van der Waals surface area contributed by atoms with Crippen LogP contribution in [0.15, 0.2) is 0 Å². The molecule has 2 heteroatoms. The number of nitrogens with two attached hydrogens (primary N) is 1. The van der Waals surface area contributed by atoms with E-state index in [9.17, 15) is 0 Å². The largest absolute Gasteiger partial charge is 0.376 e. The van der Waals surface area contributed by atoms with Crippen LogP contribution >= 0.6 is 0 Å². The summed E-state index contributed by atoms with van der Waals surface area (Å²) in [5, 5.41) is 0. The van der Waals surface area contributed by atoms with Gasteiger partial charge in [-0.1, -0.05) is 20.8 Å². The molecule has 1 saturated heterocycles. The molecule has 1 fully saturated rings. The molecule has 0 spiro atoms. The van der Waals surface area contributed by atoms with Crippen LogP contribution in [0, 0.1) is 5.41 Å². The van der Waals surface area contributed by atoms with Crippen molar-refractivity contribution in [2.24, 2.45) is 11.1 Å². The Morgan fingerprint density at radius 2 is 2.00 bits per heavy atom. The van der Waals surface area contributed by atoms with Gasteiger partial charge in [0.2, 0.25) is 0 Å². The first-order chi connectivity index (χ1) is 4.50. The van der Waals surface area contributed by atoms with E-state index in [1.54, 1.807) is 0 Å². The van der Waals surface area contributed by atoms with E-state index in [1.807, 2.05) is 0 Å². The maximum absolute atomic E-state index is 5.70. The summed E-state index contributed by atoms with van der Waals surface area (Å²) in [5.74, 6) is 0. The van der Waals surface area contributed by atoms with E-state index < -0.39 is 0 Å². The fraction of sp³-hybridized carbons (Fsp3) is 1.00. The molecule has 0 saturated carbocycles. The molecule has 10 heavy (non-hydrogen) atoms. The van der Waals surface area contributed by atoms with Crippen molar-refractivity contribution in [3.8, 4) is 0 Å². The van der Waals surface area contributed by atoms with Crippen molar-refractivity contribution in [3.05, 3.63) is 0 Å². The Hall–Kier alpha value is -0.0800. The highest BCUT2D eigenvalue weighted by Crippen LogP contribution is 2.29. The molecule has 1 heterocycles. The van der Waals surface area contributed by atoms with Gasteiger partial charge in [0.25, 0.3) is 0 Å². The number of ether oxygens (including phenoxy) is 1. The van der Waals surface area contributed by atoms with E-state index in [-0.39, 0.29) is 11.5 Å². The highest BCUT2D eigenvalue weighted by Gasteiger charge is 2.32. The fourth-order valence-corrected chi connectivity index (χ4v) is 1.25. The van der Waals surface area contributed by atoms with Crippen molar-refractivity contribution in [3.63, 3.8) is 0 Å². The molecule has 0 aromatic carbocycles. The van der Waals surface area contributed by atoms with Crippen molar-refractivity contribution in [1.82, 2.24) is 0 Å². The topological polar surface area (TPSA) is 35.2 Å². The summed E-state index contributed by atoms with van der Waals surface area (Å²) in [4.78, 5) is 0. The summed E-state index contributed by atoms with van der Waals surface area (Å²) in [6.45, 7) is 7.31. The molecule has 2 nitrogen and oxygen atoms in total. The van der Waals surface area contributed by atoms with Crippen LogP contribution in [0.25, 0.3) is 0 Å². The first kappa shape index (κ1) is 8.02. The summed E-state index contributed by atoms with van der Waals surface area (Å²) in [7, 11) is 0. The van der Waals surface area contributed by atoms with Gasteiger partial charge in [-0.2, -0.15) is 0 Å². The van der Waals surface area contributed by atoms with Crippen LogP contribution in [0.4, 0.5) is 0 Å². The van der Waals surface area contributed by atoms with Crippen molar-refractivity contribution in [2.75, 3.05) is 6.61 Å². The number of hydrogen-bond donors (Lipinski definition) is 1. The smallest absolute Gasteiger partial charge is 0.0639 e. The normalized spacial score (nSPS) is 34.8. The van der Waals surface area contributed by atoms with Gasteiger partial charge in [0, 0.05) is 6.04 Å². The van der Waals surface area contributed by atoms with Crippen LogP contribution in [0.2, 0.25) is 0 Å². The standard InChI is InChI=1S/C8H17NO/c1-8(2,3)7-4-6(9)5-10-7/h6-7H,4-5,9H2,1-3H3. The molecule has 0 aromatic rings. The minimum Gasteiger partial charge on any atom is -0.376 e. The van der Waals surface area contributed by atoms with E-state index in [2.05, 4.69) is 20.8 Å². The fourth-order valence-electron chi connectivity index (χ4n) is 1.25. The summed E-state index contributed by atoms with van der Waals surface area (Å²) in [6.07, 6.45) is 1.38. The van der Waals surface area contributed by atoms with Gasteiger partial charge in [0.05, 0.1) is 12.7 Å². The van der Waals surface area contributed by atoms with Gasteiger partial charge in [-0.3, -0.25) is 0 Å². The maximum Gasteiger partial charge on any atom is 0.0639 e. The second-order valence-electron chi connectivity index (χ2n) is 4.18. The first-order valence-corrected chi connectivity index (χ1v) is 3.87. The SMILES string of the molecule is CC(C)(C)C1CC(N)CO1. The molecule has 0 bridgehead atoms. The third kappa shape index (κ3) is 1.70. The zero-order valence-electron chi connectivity index (χ0n) is 7.05. The minimum atomic E-state index is 0.258. The molecule has 2 atom stereocenters. The molecule has 1 aliphatic rings. The molecular weight excluding hydrogens is 126 g/mol. The lowest BCUT2D eigenvalue weighted by atomic mass is 9.87. The Labute approximate surface area is 62.7 Å². The average Bonchev–Trinajstić information content (AvgIpc) is 2.11. The van der Waals surface area contributed by atoms with Crippen LogP contribution in [-0.4, -0.2) is 18.8 Å². The molecule has 0 amide bonds. The monoisotopic (exact) mass is 143 g/mol. The van der Waals surface area contributed by atoms with Crippen LogP contribution in [0.1, 0.15) is 27.2 Å². The Balaban J connectivity index is 2.45. The zero-order chi connectivity index (χ0) is 7.78. The van der Waals surface area contributed by atoms with Gasteiger partial charge < -0.3 is 10.5 Å². The van der Waals surface area contributed by atoms with Gasteiger partial charge in [-0.15, -0.1) is 0 Å². The van der Waals surface area contributed by atoms with Crippen molar-refractivity contribution in [2.45, 2.75) is 39.3 Å². The Bertz CT molecular complexity index is 117. The zero-order valence-corrected chi connectivity index (χ0v) is 7.05. The quantitative estimate of drug-likeness (QED) is 0.552. The van der Waals surface area contributed by atoms with Crippen molar-refractivity contribution < 1.29 is 4.74 Å². The van der Waals surface area contributed by atoms with E-state index >= 15 is 0 Å². The summed E-state index contributed by atoms with van der Waals surface area (Å²) < 4.78 is 5.50. The predicted molar refractivity (Wildman–Crippen MR) is 41.8 cm³/mol. The van der Waals surface area contributed by atoms with E-state index in [0.29, 0.717) is 6.10 Å². The Kier molecular flexibility index (Phi) is 2.02. The highest BCUT2D eigenvalue weighted by atomic mass is 16.5. The Morgan fingerprint density at radius 3 is 2.20 bits per heavy atom. The second kappa shape index (κ2) is 2.51. The summed E-state index contributed by atoms with van der Waals surface area (Å²) in [6, 6.07) is 0.268. The van der Waals surface area contributed by atoms with Crippen molar-refractivity contribution >= 4 is 0 Å². The van der Waals surface area contributed by atoms with Crippen LogP contribution < -0.4 is 5.73 Å².